The molecule has 0 heterocycles. The Bertz CT molecular complexity index is 76.3. The number of hydrogen-bond donors (Lipinski definition) is 1. The Kier molecular flexibility index (Phi) is 6.78. The third kappa shape index (κ3) is 7.80. The molecule has 0 aliphatic heterocycles. The summed E-state index contributed by atoms with van der Waals surface area (Å²) >= 11 is 0. The smallest absolute Gasteiger partial charge is 0.383 e. The molecule has 0 fully saturated rings. The standard InChI is InChI=1S/C4H10BF2NO2/c6-5(7)4-9-2-1-3-10-8/h1-4,8H2. The number of ether oxygens (including phenoxy) is 1. The van der Waals surface area contributed by atoms with Crippen molar-refractivity contribution in [3.8, 4) is 0 Å². The lowest BCUT2D eigenvalue weighted by Gasteiger charge is -1.99. The Morgan fingerprint density at radius 1 is 1.30 bits per heavy atom. The van der Waals surface area contributed by atoms with Gasteiger partial charge >= 0.3 is 7.27 Å². The van der Waals surface area contributed by atoms with Crippen molar-refractivity contribution < 1.29 is 18.2 Å². The van der Waals surface area contributed by atoms with Gasteiger partial charge in [0.15, 0.2) is 0 Å². The largest absolute Gasteiger partial charge is 0.563 e. The summed E-state index contributed by atoms with van der Waals surface area (Å²) in [6.45, 7) is 0.0926. The molecule has 0 atom stereocenters. The van der Waals surface area contributed by atoms with Gasteiger partial charge in [0.2, 0.25) is 0 Å². The maximum atomic E-state index is 11.4. The highest BCUT2D eigenvalue weighted by Crippen LogP contribution is 1.88. The monoisotopic (exact) mass is 153 g/mol. The molecule has 60 valence electrons. The predicted octanol–water partition coefficient (Wildman–Crippen LogP) is 0.250. The predicted molar refractivity (Wildman–Crippen MR) is 33.5 cm³/mol. The molecule has 0 aromatic rings. The Hall–Kier alpha value is -0.195. The first-order valence-electron chi connectivity index (χ1n) is 2.95. The fourth-order valence-electron chi connectivity index (χ4n) is 0.417. The lowest BCUT2D eigenvalue weighted by atomic mass is 10.0. The molecule has 0 aromatic carbocycles. The van der Waals surface area contributed by atoms with Crippen molar-refractivity contribution in [2.45, 2.75) is 6.42 Å². The zero-order valence-corrected chi connectivity index (χ0v) is 5.56. The summed E-state index contributed by atoms with van der Waals surface area (Å²) in [6.07, 6.45) is 0.545. The van der Waals surface area contributed by atoms with Gasteiger partial charge < -0.3 is 9.57 Å². The van der Waals surface area contributed by atoms with Crippen molar-refractivity contribution in [3.05, 3.63) is 0 Å². The van der Waals surface area contributed by atoms with Crippen molar-refractivity contribution in [2.24, 2.45) is 5.90 Å². The second kappa shape index (κ2) is 6.92. The van der Waals surface area contributed by atoms with Gasteiger partial charge in [-0.05, 0) is 6.42 Å². The van der Waals surface area contributed by atoms with Crippen LogP contribution in [0.15, 0.2) is 0 Å². The summed E-state index contributed by atoms with van der Waals surface area (Å²) in [4.78, 5) is 4.18. The van der Waals surface area contributed by atoms with Crippen LogP contribution in [0.4, 0.5) is 8.63 Å². The molecule has 3 nitrogen and oxygen atoms in total. The molecule has 0 radical (unpaired) electrons. The lowest BCUT2D eigenvalue weighted by molar-refractivity contribution is 0.0956. The van der Waals surface area contributed by atoms with Crippen molar-refractivity contribution in [1.29, 1.82) is 0 Å². The Morgan fingerprint density at radius 2 is 2.00 bits per heavy atom. The fourth-order valence-corrected chi connectivity index (χ4v) is 0.417. The molecule has 0 saturated heterocycles. The summed E-state index contributed by atoms with van der Waals surface area (Å²) in [5, 5.41) is 0. The summed E-state index contributed by atoms with van der Waals surface area (Å²) < 4.78 is 27.2. The SMILES string of the molecule is NOCCCOCB(F)F. The summed E-state index contributed by atoms with van der Waals surface area (Å²) in [5.74, 6) is 4.67. The Morgan fingerprint density at radius 3 is 2.50 bits per heavy atom. The minimum Gasteiger partial charge on any atom is -0.383 e. The summed E-state index contributed by atoms with van der Waals surface area (Å²) in [5.41, 5.74) is 0. The molecule has 10 heavy (non-hydrogen) atoms. The van der Waals surface area contributed by atoms with E-state index in [0.717, 1.165) is 0 Å². The first-order valence-corrected chi connectivity index (χ1v) is 2.95. The van der Waals surface area contributed by atoms with Gasteiger partial charge in [-0.15, -0.1) is 0 Å². The van der Waals surface area contributed by atoms with Gasteiger partial charge in [0.05, 0.1) is 13.1 Å². The molecule has 0 amide bonds. The average Bonchev–Trinajstić information content (AvgIpc) is 1.87. The van der Waals surface area contributed by atoms with E-state index >= 15 is 0 Å². The maximum absolute atomic E-state index is 11.4. The molecule has 0 bridgehead atoms. The summed E-state index contributed by atoms with van der Waals surface area (Å²) in [7, 11) is -2.39. The van der Waals surface area contributed by atoms with E-state index in [2.05, 4.69) is 15.5 Å². The third-order valence-electron chi connectivity index (χ3n) is 0.795. The minimum atomic E-state index is -2.39. The fraction of sp³-hybridized carbons (Fsp3) is 1.00. The number of halogens is 2. The minimum absolute atomic E-state index is 0.265. The van der Waals surface area contributed by atoms with Crippen LogP contribution in [0.2, 0.25) is 0 Å². The van der Waals surface area contributed by atoms with Gasteiger partial charge in [-0.1, -0.05) is 0 Å². The van der Waals surface area contributed by atoms with Crippen molar-refractivity contribution in [1.82, 2.24) is 0 Å². The van der Waals surface area contributed by atoms with E-state index in [1.807, 2.05) is 0 Å². The molecule has 0 aliphatic rings. The molecular weight excluding hydrogens is 143 g/mol. The van der Waals surface area contributed by atoms with Crippen LogP contribution in [0.5, 0.6) is 0 Å². The van der Waals surface area contributed by atoms with Gasteiger partial charge in [-0.2, -0.15) is 0 Å². The van der Waals surface area contributed by atoms with E-state index in [9.17, 15) is 8.63 Å². The Labute approximate surface area is 58.6 Å². The first-order chi connectivity index (χ1) is 4.77. The molecule has 0 saturated carbocycles. The zero-order valence-electron chi connectivity index (χ0n) is 5.56. The number of nitrogens with two attached hydrogens (primary N) is 1. The average molecular weight is 153 g/mol. The van der Waals surface area contributed by atoms with Gasteiger partial charge in [0.25, 0.3) is 0 Å². The highest BCUT2D eigenvalue weighted by atomic mass is 19.2. The quantitative estimate of drug-likeness (QED) is 0.338. The molecular formula is C4H10BF2NO2. The van der Waals surface area contributed by atoms with Crippen LogP contribution < -0.4 is 5.90 Å². The molecule has 0 unspecified atom stereocenters. The van der Waals surface area contributed by atoms with E-state index in [-0.39, 0.29) is 6.61 Å². The van der Waals surface area contributed by atoms with Crippen LogP contribution in [0, 0.1) is 0 Å². The molecule has 2 N–H and O–H groups in total. The number of rotatable bonds is 6. The van der Waals surface area contributed by atoms with E-state index in [1.165, 1.54) is 0 Å². The van der Waals surface area contributed by atoms with Crippen molar-refractivity contribution in [2.75, 3.05) is 19.7 Å². The van der Waals surface area contributed by atoms with E-state index < -0.39 is 13.8 Å². The zero-order chi connectivity index (χ0) is 7.82. The van der Waals surface area contributed by atoms with Crippen molar-refractivity contribution >= 4 is 7.27 Å². The normalized spacial score (nSPS) is 9.90. The highest BCUT2D eigenvalue weighted by molar-refractivity contribution is 6.42. The first kappa shape index (κ1) is 9.80. The van der Waals surface area contributed by atoms with Crippen LogP contribution in [-0.4, -0.2) is 27.0 Å². The van der Waals surface area contributed by atoms with Crippen molar-refractivity contribution in [3.63, 3.8) is 0 Å². The van der Waals surface area contributed by atoms with Crippen LogP contribution in [0.1, 0.15) is 6.42 Å². The van der Waals surface area contributed by atoms with Gasteiger partial charge in [0.1, 0.15) is 0 Å². The maximum Gasteiger partial charge on any atom is 0.563 e. The van der Waals surface area contributed by atoms with E-state index in [4.69, 9.17) is 0 Å². The summed E-state index contributed by atoms with van der Waals surface area (Å²) in [6, 6.07) is 0. The third-order valence-corrected chi connectivity index (χ3v) is 0.795. The van der Waals surface area contributed by atoms with E-state index in [0.29, 0.717) is 13.0 Å². The highest BCUT2D eigenvalue weighted by Gasteiger charge is 2.10. The van der Waals surface area contributed by atoms with Gasteiger partial charge in [-0.25, -0.2) is 5.90 Å². The van der Waals surface area contributed by atoms with Gasteiger partial charge in [-0.3, -0.25) is 8.63 Å². The second-order valence-electron chi connectivity index (χ2n) is 1.69. The van der Waals surface area contributed by atoms with Crippen LogP contribution in [0.3, 0.4) is 0 Å². The second-order valence-corrected chi connectivity index (χ2v) is 1.69. The van der Waals surface area contributed by atoms with Crippen LogP contribution >= 0.6 is 0 Å². The Balaban J connectivity index is 2.77. The van der Waals surface area contributed by atoms with Crippen LogP contribution in [-0.2, 0) is 9.57 Å². The molecule has 0 rings (SSSR count). The van der Waals surface area contributed by atoms with Crippen LogP contribution in [0.25, 0.3) is 0 Å². The lowest BCUT2D eigenvalue weighted by Crippen LogP contribution is -2.11. The molecule has 6 heteroatoms. The molecule has 0 aromatic heterocycles. The van der Waals surface area contributed by atoms with Gasteiger partial charge in [0, 0.05) is 6.61 Å². The number of hydrogen-bond acceptors (Lipinski definition) is 3. The molecule has 0 spiro atoms. The topological polar surface area (TPSA) is 44.5 Å². The molecule has 0 aliphatic carbocycles. The van der Waals surface area contributed by atoms with E-state index in [1.54, 1.807) is 0 Å².